The average Bonchev–Trinajstić information content (AvgIpc) is 3.03. The number of anilines is 1. The number of esters is 1. The summed E-state index contributed by atoms with van der Waals surface area (Å²) in [5, 5.41) is 0. The minimum absolute atomic E-state index is 0. The Kier molecular flexibility index (Phi) is 7.86. The van der Waals surface area contributed by atoms with Gasteiger partial charge in [0, 0.05) is 12.2 Å². The minimum atomic E-state index is -0.461. The average molecular weight is 341 g/mol. The van der Waals surface area contributed by atoms with Gasteiger partial charge in [0.05, 0.1) is 5.41 Å². The number of benzene rings is 1. The Balaban J connectivity index is 0.00000264. The zero-order valence-electron chi connectivity index (χ0n) is 14.2. The van der Waals surface area contributed by atoms with Crippen LogP contribution in [-0.2, 0) is 14.9 Å². The summed E-state index contributed by atoms with van der Waals surface area (Å²) in [6, 6.07) is 7.70. The Morgan fingerprint density at radius 3 is 2.26 bits per heavy atom. The summed E-state index contributed by atoms with van der Waals surface area (Å²) < 4.78 is 5.64. The van der Waals surface area contributed by atoms with E-state index in [0.29, 0.717) is 6.61 Å². The Labute approximate surface area is 145 Å². The molecular formula is C18H29ClN2O2. The molecule has 0 radical (unpaired) electrons. The molecule has 130 valence electrons. The lowest BCUT2D eigenvalue weighted by molar-refractivity contribution is -0.151. The quantitative estimate of drug-likeness (QED) is 0.610. The van der Waals surface area contributed by atoms with Gasteiger partial charge in [0.1, 0.15) is 6.61 Å². The lowest BCUT2D eigenvalue weighted by Crippen LogP contribution is -2.37. The van der Waals surface area contributed by atoms with E-state index in [1.165, 1.54) is 0 Å². The number of nitrogens with two attached hydrogens (primary N) is 1. The maximum Gasteiger partial charge on any atom is 0.316 e. The molecule has 1 aromatic rings. The molecule has 0 heterocycles. The van der Waals surface area contributed by atoms with E-state index in [4.69, 9.17) is 10.5 Å². The van der Waals surface area contributed by atoms with Crippen molar-refractivity contribution < 1.29 is 9.53 Å². The highest BCUT2D eigenvalue weighted by Crippen LogP contribution is 2.42. The number of halogens is 1. The van der Waals surface area contributed by atoms with Crippen molar-refractivity contribution in [1.82, 2.24) is 4.90 Å². The molecule has 1 aliphatic carbocycles. The Morgan fingerprint density at radius 1 is 1.17 bits per heavy atom. The molecule has 0 bridgehead atoms. The van der Waals surface area contributed by atoms with E-state index in [2.05, 4.69) is 18.7 Å². The third-order valence-corrected chi connectivity index (χ3v) is 4.85. The van der Waals surface area contributed by atoms with Gasteiger partial charge in [-0.1, -0.05) is 38.8 Å². The van der Waals surface area contributed by atoms with Crippen LogP contribution >= 0.6 is 12.4 Å². The maximum atomic E-state index is 12.7. The number of likely N-dealkylation sites (N-methyl/N-ethyl adjacent to an activating group) is 1. The lowest BCUT2D eigenvalue weighted by atomic mass is 9.79. The monoisotopic (exact) mass is 340 g/mol. The van der Waals surface area contributed by atoms with Crippen LogP contribution in [0.3, 0.4) is 0 Å². The molecule has 2 rings (SSSR count). The normalized spacial score (nSPS) is 16.1. The van der Waals surface area contributed by atoms with Gasteiger partial charge in [0.25, 0.3) is 0 Å². The van der Waals surface area contributed by atoms with Gasteiger partial charge in [-0.25, -0.2) is 0 Å². The maximum absolute atomic E-state index is 12.7. The number of nitrogens with zero attached hydrogens (tertiary/aromatic N) is 1. The van der Waals surface area contributed by atoms with Crippen LogP contribution in [0.4, 0.5) is 5.69 Å². The first-order valence-electron chi connectivity index (χ1n) is 8.38. The van der Waals surface area contributed by atoms with E-state index in [1.54, 1.807) is 0 Å². The van der Waals surface area contributed by atoms with Crippen LogP contribution in [0.1, 0.15) is 45.1 Å². The molecule has 0 aliphatic heterocycles. The van der Waals surface area contributed by atoms with Crippen LogP contribution in [0.25, 0.3) is 0 Å². The van der Waals surface area contributed by atoms with Crippen molar-refractivity contribution >= 4 is 24.1 Å². The molecule has 5 heteroatoms. The molecule has 0 spiro atoms. The van der Waals surface area contributed by atoms with Gasteiger partial charge in [-0.2, -0.15) is 0 Å². The van der Waals surface area contributed by atoms with Gasteiger partial charge in [0.15, 0.2) is 0 Å². The van der Waals surface area contributed by atoms with Crippen molar-refractivity contribution in [2.75, 3.05) is 32.0 Å². The Hall–Kier alpha value is -1.26. The fourth-order valence-electron chi connectivity index (χ4n) is 3.34. The second-order valence-electron chi connectivity index (χ2n) is 6.07. The summed E-state index contributed by atoms with van der Waals surface area (Å²) >= 11 is 0. The summed E-state index contributed by atoms with van der Waals surface area (Å²) in [6.45, 7) is 7.48. The number of carbonyl (C=O) groups is 1. The van der Waals surface area contributed by atoms with Gasteiger partial charge < -0.3 is 15.4 Å². The van der Waals surface area contributed by atoms with E-state index in [-0.39, 0.29) is 18.4 Å². The number of hydrogen-bond donors (Lipinski definition) is 1. The topological polar surface area (TPSA) is 55.6 Å². The molecule has 4 nitrogen and oxygen atoms in total. The third-order valence-electron chi connectivity index (χ3n) is 4.85. The Bertz CT molecular complexity index is 480. The van der Waals surface area contributed by atoms with E-state index < -0.39 is 5.41 Å². The van der Waals surface area contributed by atoms with E-state index in [1.807, 2.05) is 24.3 Å². The van der Waals surface area contributed by atoms with Crippen molar-refractivity contribution in [2.24, 2.45) is 0 Å². The lowest BCUT2D eigenvalue weighted by Gasteiger charge is -2.28. The zero-order valence-corrected chi connectivity index (χ0v) is 15.0. The van der Waals surface area contributed by atoms with Crippen LogP contribution in [0.2, 0.25) is 0 Å². The molecule has 1 aromatic carbocycles. The molecule has 2 N–H and O–H groups in total. The summed E-state index contributed by atoms with van der Waals surface area (Å²) in [7, 11) is 0. The number of hydrogen-bond acceptors (Lipinski definition) is 4. The predicted molar refractivity (Wildman–Crippen MR) is 97.0 cm³/mol. The first-order chi connectivity index (χ1) is 10.6. The number of ether oxygens (including phenoxy) is 1. The molecule has 1 saturated carbocycles. The molecule has 1 aliphatic rings. The van der Waals surface area contributed by atoms with Gasteiger partial charge in [-0.15, -0.1) is 12.4 Å². The highest BCUT2D eigenvalue weighted by Gasteiger charge is 2.44. The predicted octanol–water partition coefficient (Wildman–Crippen LogP) is 3.39. The zero-order chi connectivity index (χ0) is 16.0. The summed E-state index contributed by atoms with van der Waals surface area (Å²) in [5.41, 5.74) is 7.08. The van der Waals surface area contributed by atoms with Crippen LogP contribution in [0, 0.1) is 0 Å². The highest BCUT2D eigenvalue weighted by molar-refractivity contribution is 5.85. The van der Waals surface area contributed by atoms with Crippen LogP contribution in [-0.4, -0.2) is 37.1 Å². The molecule has 0 aromatic heterocycles. The number of carbonyl (C=O) groups excluding carboxylic acids is 1. The second kappa shape index (κ2) is 9.14. The van der Waals surface area contributed by atoms with E-state index >= 15 is 0 Å². The molecule has 0 amide bonds. The molecule has 0 unspecified atom stereocenters. The molecule has 0 saturated heterocycles. The van der Waals surface area contributed by atoms with Crippen LogP contribution in [0.15, 0.2) is 24.3 Å². The fourth-order valence-corrected chi connectivity index (χ4v) is 3.34. The van der Waals surface area contributed by atoms with Crippen molar-refractivity contribution in [2.45, 2.75) is 44.9 Å². The van der Waals surface area contributed by atoms with Gasteiger partial charge >= 0.3 is 5.97 Å². The minimum Gasteiger partial charge on any atom is -0.464 e. The highest BCUT2D eigenvalue weighted by atomic mass is 35.5. The van der Waals surface area contributed by atoms with Gasteiger partial charge in [0.2, 0.25) is 0 Å². The van der Waals surface area contributed by atoms with Crippen LogP contribution < -0.4 is 5.73 Å². The van der Waals surface area contributed by atoms with Gasteiger partial charge in [-0.05, 0) is 43.6 Å². The fraction of sp³-hybridized carbons (Fsp3) is 0.611. The van der Waals surface area contributed by atoms with Crippen molar-refractivity contribution in [3.8, 4) is 0 Å². The first-order valence-corrected chi connectivity index (χ1v) is 8.38. The SMILES string of the molecule is CCN(CC)CCOC(=O)C1(c2ccc(N)cc2)CCCC1.Cl. The van der Waals surface area contributed by atoms with Crippen LogP contribution in [0.5, 0.6) is 0 Å². The van der Waals surface area contributed by atoms with Crippen molar-refractivity contribution in [3.63, 3.8) is 0 Å². The molecule has 1 fully saturated rings. The van der Waals surface area contributed by atoms with Gasteiger partial charge in [-0.3, -0.25) is 4.79 Å². The number of rotatable bonds is 7. The summed E-state index contributed by atoms with van der Waals surface area (Å²) in [6.07, 6.45) is 3.91. The number of nitrogen functional groups attached to an aromatic ring is 1. The Morgan fingerprint density at radius 2 is 1.74 bits per heavy atom. The summed E-state index contributed by atoms with van der Waals surface area (Å²) in [4.78, 5) is 15.0. The van der Waals surface area contributed by atoms with E-state index in [9.17, 15) is 4.79 Å². The second-order valence-corrected chi connectivity index (χ2v) is 6.07. The molecular weight excluding hydrogens is 312 g/mol. The molecule has 23 heavy (non-hydrogen) atoms. The standard InChI is InChI=1S/C18H28N2O2.ClH/c1-3-20(4-2)13-14-22-17(21)18(11-5-6-12-18)15-7-9-16(19)10-8-15;/h7-10H,3-6,11-14,19H2,1-2H3;1H. The first kappa shape index (κ1) is 19.8. The molecule has 0 atom stereocenters. The smallest absolute Gasteiger partial charge is 0.316 e. The summed E-state index contributed by atoms with van der Waals surface area (Å²) in [5.74, 6) is -0.0677. The van der Waals surface area contributed by atoms with E-state index in [0.717, 1.165) is 56.6 Å². The van der Waals surface area contributed by atoms with Crippen molar-refractivity contribution in [1.29, 1.82) is 0 Å². The third kappa shape index (κ3) is 4.61. The largest absolute Gasteiger partial charge is 0.464 e. The van der Waals surface area contributed by atoms with Crippen molar-refractivity contribution in [3.05, 3.63) is 29.8 Å².